The summed E-state index contributed by atoms with van der Waals surface area (Å²) < 4.78 is 0. The van der Waals surface area contributed by atoms with Crippen molar-refractivity contribution in [2.24, 2.45) is 0 Å². The van der Waals surface area contributed by atoms with E-state index in [0.717, 1.165) is 21.8 Å². The molecule has 2 heterocycles. The van der Waals surface area contributed by atoms with Crippen LogP contribution in [0, 0.1) is 6.92 Å². The van der Waals surface area contributed by atoms with Crippen molar-refractivity contribution in [1.82, 2.24) is 15.3 Å². The van der Waals surface area contributed by atoms with Crippen LogP contribution in [0.3, 0.4) is 0 Å². The molecule has 0 radical (unpaired) electrons. The number of nitrogens with one attached hydrogen (secondary N) is 1. The Balaban J connectivity index is 1.46. The van der Waals surface area contributed by atoms with Crippen molar-refractivity contribution in [3.05, 3.63) is 71.0 Å². The molecule has 3 rings (SSSR count). The van der Waals surface area contributed by atoms with E-state index in [9.17, 15) is 9.59 Å². The van der Waals surface area contributed by atoms with Crippen LogP contribution in [0.2, 0.25) is 0 Å². The highest BCUT2D eigenvalue weighted by molar-refractivity contribution is 7.13. The summed E-state index contributed by atoms with van der Waals surface area (Å²) in [5.41, 5.74) is 3.56. The minimum atomic E-state index is -0.149. The van der Waals surface area contributed by atoms with E-state index in [1.165, 1.54) is 11.3 Å². The Kier molecular flexibility index (Phi) is 5.86. The third-order valence-corrected chi connectivity index (χ3v) is 4.84. The van der Waals surface area contributed by atoms with E-state index in [-0.39, 0.29) is 24.5 Å². The molecule has 132 valence electrons. The van der Waals surface area contributed by atoms with E-state index < -0.39 is 0 Å². The van der Waals surface area contributed by atoms with E-state index in [1.807, 2.05) is 36.6 Å². The monoisotopic (exact) mass is 365 g/mol. The lowest BCUT2D eigenvalue weighted by molar-refractivity contribution is -0.121. The quantitative estimate of drug-likeness (QED) is 0.647. The van der Waals surface area contributed by atoms with Gasteiger partial charge in [0.05, 0.1) is 12.2 Å². The van der Waals surface area contributed by atoms with Crippen molar-refractivity contribution in [1.29, 1.82) is 0 Å². The Hall–Kier alpha value is -2.86. The number of ketones is 1. The number of hydrogen-bond acceptors (Lipinski definition) is 5. The van der Waals surface area contributed by atoms with Crippen LogP contribution in [0.15, 0.2) is 54.2 Å². The number of nitrogens with zero attached hydrogens (tertiary/aromatic N) is 2. The van der Waals surface area contributed by atoms with E-state index in [1.54, 1.807) is 24.5 Å². The van der Waals surface area contributed by atoms with Crippen LogP contribution in [0.25, 0.3) is 10.6 Å². The molecule has 0 saturated carbocycles. The van der Waals surface area contributed by atoms with Crippen molar-refractivity contribution < 1.29 is 9.59 Å². The Morgan fingerprint density at radius 2 is 1.77 bits per heavy atom. The lowest BCUT2D eigenvalue weighted by Gasteiger charge is -2.04. The largest absolute Gasteiger partial charge is 0.350 e. The smallest absolute Gasteiger partial charge is 0.220 e. The predicted molar refractivity (Wildman–Crippen MR) is 102 cm³/mol. The van der Waals surface area contributed by atoms with E-state index in [2.05, 4.69) is 15.3 Å². The van der Waals surface area contributed by atoms with Crippen LogP contribution in [0.1, 0.15) is 34.5 Å². The Bertz CT molecular complexity index is 889. The third-order valence-electron chi connectivity index (χ3n) is 3.90. The second-order valence-corrected chi connectivity index (χ2v) is 6.80. The van der Waals surface area contributed by atoms with Crippen LogP contribution >= 0.6 is 11.3 Å². The van der Waals surface area contributed by atoms with Crippen LogP contribution in [-0.4, -0.2) is 21.7 Å². The number of hydrogen-bond donors (Lipinski definition) is 1. The molecule has 0 fully saturated rings. The summed E-state index contributed by atoms with van der Waals surface area (Å²) in [4.78, 5) is 32.6. The van der Waals surface area contributed by atoms with Gasteiger partial charge in [0.25, 0.3) is 0 Å². The molecule has 0 saturated heterocycles. The van der Waals surface area contributed by atoms with Crippen LogP contribution in [0.5, 0.6) is 0 Å². The number of amides is 1. The van der Waals surface area contributed by atoms with Gasteiger partial charge in [0, 0.05) is 41.7 Å². The number of rotatable bonds is 7. The molecule has 0 bridgehead atoms. The standard InChI is InChI=1S/C20H19N3O2S/c1-14-2-4-15(5-3-14)18(24)6-7-19(25)22-12-17-13-26-20(23-17)16-8-10-21-11-9-16/h2-5,8-11,13H,6-7,12H2,1H3,(H,22,25). The number of benzene rings is 1. The second kappa shape index (κ2) is 8.49. The van der Waals surface area contributed by atoms with Gasteiger partial charge in [-0.1, -0.05) is 29.8 Å². The maximum Gasteiger partial charge on any atom is 0.220 e. The predicted octanol–water partition coefficient (Wildman–Crippen LogP) is 3.79. The van der Waals surface area contributed by atoms with Crippen molar-refractivity contribution in [2.45, 2.75) is 26.3 Å². The number of carbonyl (C=O) groups excluding carboxylic acids is 2. The molecule has 0 aliphatic heterocycles. The zero-order valence-electron chi connectivity index (χ0n) is 14.4. The van der Waals surface area contributed by atoms with Gasteiger partial charge in [-0.2, -0.15) is 0 Å². The number of aryl methyl sites for hydroxylation is 1. The van der Waals surface area contributed by atoms with Gasteiger partial charge in [0.15, 0.2) is 5.78 Å². The lowest BCUT2D eigenvalue weighted by atomic mass is 10.1. The molecule has 2 aromatic heterocycles. The molecule has 0 aliphatic rings. The summed E-state index contributed by atoms with van der Waals surface area (Å²) in [6, 6.07) is 11.2. The molecule has 1 aromatic carbocycles. The van der Waals surface area contributed by atoms with Crippen molar-refractivity contribution in [3.8, 4) is 10.6 Å². The zero-order valence-corrected chi connectivity index (χ0v) is 15.3. The van der Waals surface area contributed by atoms with Gasteiger partial charge in [0.2, 0.25) is 5.91 Å². The topological polar surface area (TPSA) is 72.0 Å². The fourth-order valence-corrected chi connectivity index (χ4v) is 3.23. The molecule has 3 aromatic rings. The van der Waals surface area contributed by atoms with E-state index in [4.69, 9.17) is 0 Å². The summed E-state index contributed by atoms with van der Waals surface area (Å²) in [6.07, 6.45) is 3.83. The minimum Gasteiger partial charge on any atom is -0.350 e. The van der Waals surface area contributed by atoms with Gasteiger partial charge >= 0.3 is 0 Å². The van der Waals surface area contributed by atoms with Gasteiger partial charge < -0.3 is 5.32 Å². The number of thiazole rings is 1. The van der Waals surface area contributed by atoms with Crippen molar-refractivity contribution in [3.63, 3.8) is 0 Å². The number of pyridine rings is 1. The lowest BCUT2D eigenvalue weighted by Crippen LogP contribution is -2.23. The van der Waals surface area contributed by atoms with Gasteiger partial charge in [0.1, 0.15) is 5.01 Å². The highest BCUT2D eigenvalue weighted by Crippen LogP contribution is 2.22. The molecule has 1 amide bonds. The molecule has 0 spiro atoms. The molecular formula is C20H19N3O2S. The summed E-state index contributed by atoms with van der Waals surface area (Å²) in [6.45, 7) is 2.33. The summed E-state index contributed by atoms with van der Waals surface area (Å²) >= 11 is 1.53. The third kappa shape index (κ3) is 4.83. The molecule has 0 atom stereocenters. The zero-order chi connectivity index (χ0) is 18.4. The van der Waals surface area contributed by atoms with Gasteiger partial charge in [-0.15, -0.1) is 11.3 Å². The second-order valence-electron chi connectivity index (χ2n) is 5.95. The first-order chi connectivity index (χ1) is 12.6. The van der Waals surface area contributed by atoms with E-state index >= 15 is 0 Å². The van der Waals surface area contributed by atoms with Gasteiger partial charge in [-0.3, -0.25) is 14.6 Å². The van der Waals surface area contributed by atoms with Crippen molar-refractivity contribution >= 4 is 23.0 Å². The SMILES string of the molecule is Cc1ccc(C(=O)CCC(=O)NCc2csc(-c3ccncc3)n2)cc1. The molecule has 0 unspecified atom stereocenters. The maximum absolute atomic E-state index is 12.1. The molecule has 1 N–H and O–H groups in total. The summed E-state index contributed by atoms with van der Waals surface area (Å²) in [5.74, 6) is -0.169. The Morgan fingerprint density at radius 3 is 2.50 bits per heavy atom. The Labute approximate surface area is 156 Å². The fraction of sp³-hybridized carbons (Fsp3) is 0.200. The molecule has 5 nitrogen and oxygen atoms in total. The molecule has 0 aliphatic carbocycles. The van der Waals surface area contributed by atoms with E-state index in [0.29, 0.717) is 12.1 Å². The summed E-state index contributed by atoms with van der Waals surface area (Å²) in [5, 5.41) is 5.64. The maximum atomic E-state index is 12.1. The molecule has 6 heteroatoms. The molecular weight excluding hydrogens is 346 g/mol. The first-order valence-corrected chi connectivity index (χ1v) is 9.21. The minimum absolute atomic E-state index is 0.0196. The van der Waals surface area contributed by atoms with Gasteiger partial charge in [-0.05, 0) is 19.1 Å². The normalized spacial score (nSPS) is 10.5. The van der Waals surface area contributed by atoms with Crippen LogP contribution in [0.4, 0.5) is 0 Å². The number of Topliss-reactive ketones (excluding diaryl/α,β-unsaturated/α-hetero) is 1. The first-order valence-electron chi connectivity index (χ1n) is 8.33. The average molecular weight is 365 g/mol. The Morgan fingerprint density at radius 1 is 1.04 bits per heavy atom. The molecule has 26 heavy (non-hydrogen) atoms. The summed E-state index contributed by atoms with van der Waals surface area (Å²) in [7, 11) is 0. The number of aromatic nitrogens is 2. The number of carbonyl (C=O) groups is 2. The van der Waals surface area contributed by atoms with Gasteiger partial charge in [-0.25, -0.2) is 4.98 Å². The van der Waals surface area contributed by atoms with Crippen LogP contribution in [-0.2, 0) is 11.3 Å². The fourth-order valence-electron chi connectivity index (χ4n) is 2.40. The highest BCUT2D eigenvalue weighted by Gasteiger charge is 2.10. The van der Waals surface area contributed by atoms with Crippen molar-refractivity contribution in [2.75, 3.05) is 0 Å². The van der Waals surface area contributed by atoms with Crippen LogP contribution < -0.4 is 5.32 Å². The first kappa shape index (κ1) is 17.9. The average Bonchev–Trinajstić information content (AvgIpc) is 3.15. The highest BCUT2D eigenvalue weighted by atomic mass is 32.1.